The summed E-state index contributed by atoms with van der Waals surface area (Å²) in [7, 11) is -2.22. The number of methoxy groups -OCH3 is 1. The molecule has 0 unspecified atom stereocenters. The van der Waals surface area contributed by atoms with Crippen molar-refractivity contribution in [3.8, 4) is 22.9 Å². The molecule has 1 atom stereocenters. The van der Waals surface area contributed by atoms with E-state index in [2.05, 4.69) is 19.8 Å². The Morgan fingerprint density at radius 2 is 2.15 bits per heavy atom. The van der Waals surface area contributed by atoms with E-state index in [1.807, 2.05) is 13.8 Å². The first kappa shape index (κ1) is 22.7. The lowest BCUT2D eigenvalue weighted by Crippen LogP contribution is -2.27. The van der Waals surface area contributed by atoms with E-state index in [1.165, 1.54) is 43.2 Å². The molecular formula is C21H23FN6O4S. The molecule has 10 nitrogen and oxygen atoms in total. The average molecular weight is 475 g/mol. The number of aromatic nitrogens is 3. The number of amides is 2. The molecule has 0 radical (unpaired) electrons. The van der Waals surface area contributed by atoms with Crippen molar-refractivity contribution in [2.24, 2.45) is 9.50 Å². The van der Waals surface area contributed by atoms with Gasteiger partial charge in [-0.25, -0.2) is 28.2 Å². The quantitative estimate of drug-likeness (QED) is 0.594. The number of fused-ring (bicyclic) bond motifs is 1. The van der Waals surface area contributed by atoms with Gasteiger partial charge in [0.25, 0.3) is 0 Å². The third-order valence-corrected chi connectivity index (χ3v) is 6.43. The van der Waals surface area contributed by atoms with Crippen molar-refractivity contribution in [3.63, 3.8) is 0 Å². The fraction of sp³-hybridized carbons (Fsp3) is 0.286. The van der Waals surface area contributed by atoms with Gasteiger partial charge < -0.3 is 14.8 Å². The van der Waals surface area contributed by atoms with E-state index in [0.717, 1.165) is 0 Å². The lowest BCUT2D eigenvalue weighted by molar-refractivity contribution is 0.132. The van der Waals surface area contributed by atoms with Crippen LogP contribution in [0.5, 0.6) is 11.8 Å². The van der Waals surface area contributed by atoms with Gasteiger partial charge in [0.2, 0.25) is 11.8 Å². The van der Waals surface area contributed by atoms with Crippen LogP contribution in [0.4, 0.5) is 14.9 Å². The highest BCUT2D eigenvalue weighted by molar-refractivity contribution is 7.91. The monoisotopic (exact) mass is 474 g/mol. The van der Waals surface area contributed by atoms with Gasteiger partial charge in [0.05, 0.1) is 25.5 Å². The van der Waals surface area contributed by atoms with Gasteiger partial charge in [-0.15, -0.1) is 4.36 Å². The maximum absolute atomic E-state index is 14.3. The minimum Gasteiger partial charge on any atom is -0.481 e. The highest BCUT2D eigenvalue weighted by Gasteiger charge is 2.35. The number of nitrogens with zero attached hydrogens (tertiary/aromatic N) is 4. The Labute approximate surface area is 190 Å². The van der Waals surface area contributed by atoms with Gasteiger partial charge in [0.15, 0.2) is 9.92 Å². The van der Waals surface area contributed by atoms with Crippen molar-refractivity contribution in [1.82, 2.24) is 14.8 Å². The van der Waals surface area contributed by atoms with Gasteiger partial charge >= 0.3 is 6.03 Å². The van der Waals surface area contributed by atoms with Crippen molar-refractivity contribution in [2.75, 3.05) is 12.4 Å². The maximum Gasteiger partial charge on any atom is 0.354 e. The molecule has 174 valence electrons. The number of carbonyl (C=O) groups is 1. The van der Waals surface area contributed by atoms with Crippen LogP contribution in [-0.4, -0.2) is 37.7 Å². The van der Waals surface area contributed by atoms with E-state index in [4.69, 9.17) is 14.6 Å². The molecule has 3 heterocycles. The molecule has 0 saturated carbocycles. The second-order valence-corrected chi connectivity index (χ2v) is 9.86. The van der Waals surface area contributed by atoms with Crippen LogP contribution in [0.2, 0.25) is 0 Å². The minimum absolute atomic E-state index is 0.0123. The number of ether oxygens (including phenoxy) is 2. The molecule has 1 aliphatic heterocycles. The van der Waals surface area contributed by atoms with Crippen molar-refractivity contribution < 1.29 is 22.9 Å². The van der Waals surface area contributed by atoms with Crippen LogP contribution in [0.25, 0.3) is 11.1 Å². The Bertz CT molecular complexity index is 1380. The molecule has 3 N–H and O–H groups in total. The largest absolute Gasteiger partial charge is 0.481 e. The zero-order valence-electron chi connectivity index (χ0n) is 18.5. The molecule has 2 amide bonds. The summed E-state index contributed by atoms with van der Waals surface area (Å²) >= 11 is 0. The van der Waals surface area contributed by atoms with Crippen LogP contribution in [-0.2, 0) is 16.5 Å². The number of nitrogens with one attached hydrogen (secondary N) is 1. The number of anilines is 1. The summed E-state index contributed by atoms with van der Waals surface area (Å²) in [6, 6.07) is 5.11. The van der Waals surface area contributed by atoms with Crippen molar-refractivity contribution >= 4 is 21.6 Å². The number of benzene rings is 1. The first-order valence-corrected chi connectivity index (χ1v) is 11.5. The average Bonchev–Trinajstić information content (AvgIpc) is 3.26. The van der Waals surface area contributed by atoms with Gasteiger partial charge in [-0.05, 0) is 44.5 Å². The Morgan fingerprint density at radius 1 is 1.39 bits per heavy atom. The van der Waals surface area contributed by atoms with Gasteiger partial charge in [0.1, 0.15) is 16.3 Å². The minimum atomic E-state index is -3.69. The molecule has 1 aromatic carbocycles. The number of halogens is 1. The van der Waals surface area contributed by atoms with Gasteiger partial charge in [0, 0.05) is 23.4 Å². The Hall–Kier alpha value is -3.51. The standard InChI is InChI=1S/C21H23FN6O4S/c1-12-15(22)6-5-14(13-7-8-24-17(9-13)31-4)18(12)26-20(29)27-33(23,30)16-10-25-28-11-21(2,3)32-19(16)28/h5-10H,11H2,1-4H3,(H3,23,26,27,29,30)/t33-/m0/s1. The maximum atomic E-state index is 14.3. The first-order chi connectivity index (χ1) is 15.5. The lowest BCUT2D eigenvalue weighted by atomic mass is 10.0. The molecule has 2 aromatic heterocycles. The summed E-state index contributed by atoms with van der Waals surface area (Å²) in [5, 5.41) is 12.6. The third-order valence-electron chi connectivity index (χ3n) is 5.08. The summed E-state index contributed by atoms with van der Waals surface area (Å²) in [6.07, 6.45) is 2.80. The normalized spacial score (nSPS) is 15.8. The smallest absolute Gasteiger partial charge is 0.354 e. The summed E-state index contributed by atoms with van der Waals surface area (Å²) in [5.41, 5.74) is 0.892. The van der Waals surface area contributed by atoms with Crippen LogP contribution in [0, 0.1) is 12.7 Å². The summed E-state index contributed by atoms with van der Waals surface area (Å²) in [6.45, 7) is 5.63. The Kier molecular flexibility index (Phi) is 5.58. The molecule has 3 aromatic rings. The molecule has 0 saturated heterocycles. The summed E-state index contributed by atoms with van der Waals surface area (Å²) in [5.74, 6) is 0.0172. The number of nitrogens with two attached hydrogens (primary N) is 1. The topological polar surface area (TPSA) is 134 Å². The molecule has 1 aliphatic rings. The molecule has 0 aliphatic carbocycles. The number of urea groups is 1. The first-order valence-electron chi connectivity index (χ1n) is 9.91. The number of rotatable bonds is 4. The third kappa shape index (κ3) is 4.39. The van der Waals surface area contributed by atoms with E-state index < -0.39 is 27.4 Å². The Balaban J connectivity index is 1.70. The highest BCUT2D eigenvalue weighted by atomic mass is 32.2. The summed E-state index contributed by atoms with van der Waals surface area (Å²) in [4.78, 5) is 16.8. The van der Waals surface area contributed by atoms with Crippen LogP contribution < -0.4 is 19.9 Å². The van der Waals surface area contributed by atoms with Crippen LogP contribution in [0.15, 0.2) is 45.9 Å². The predicted octanol–water partition coefficient (Wildman–Crippen LogP) is 3.50. The molecular weight excluding hydrogens is 451 g/mol. The Morgan fingerprint density at radius 3 is 2.88 bits per heavy atom. The zero-order chi connectivity index (χ0) is 24.0. The van der Waals surface area contributed by atoms with E-state index >= 15 is 0 Å². The lowest BCUT2D eigenvalue weighted by Gasteiger charge is -2.16. The van der Waals surface area contributed by atoms with Crippen molar-refractivity contribution in [2.45, 2.75) is 37.8 Å². The molecule has 33 heavy (non-hydrogen) atoms. The molecule has 12 heteroatoms. The van der Waals surface area contributed by atoms with E-state index in [0.29, 0.717) is 23.6 Å². The predicted molar refractivity (Wildman–Crippen MR) is 120 cm³/mol. The highest BCUT2D eigenvalue weighted by Crippen LogP contribution is 2.35. The number of hydrogen-bond donors (Lipinski definition) is 2. The van der Waals surface area contributed by atoms with E-state index in [1.54, 1.807) is 12.1 Å². The number of carbonyl (C=O) groups excluding carboxylic acids is 1. The second kappa shape index (κ2) is 8.12. The second-order valence-electron chi connectivity index (χ2n) is 8.11. The van der Waals surface area contributed by atoms with Crippen molar-refractivity contribution in [3.05, 3.63) is 48.0 Å². The van der Waals surface area contributed by atoms with Crippen LogP contribution in [0.1, 0.15) is 19.4 Å². The molecule has 4 rings (SSSR count). The van der Waals surface area contributed by atoms with Crippen LogP contribution >= 0.6 is 0 Å². The van der Waals surface area contributed by atoms with Crippen molar-refractivity contribution in [1.29, 1.82) is 0 Å². The zero-order valence-corrected chi connectivity index (χ0v) is 19.3. The van der Waals surface area contributed by atoms with Gasteiger partial charge in [-0.3, -0.25) is 0 Å². The molecule has 0 spiro atoms. The van der Waals surface area contributed by atoms with Gasteiger partial charge in [-0.2, -0.15) is 5.10 Å². The summed E-state index contributed by atoms with van der Waals surface area (Å²) < 4.78 is 43.6. The molecule has 0 bridgehead atoms. The fourth-order valence-corrected chi connectivity index (χ4v) is 4.49. The van der Waals surface area contributed by atoms with E-state index in [9.17, 15) is 13.4 Å². The van der Waals surface area contributed by atoms with Gasteiger partial charge in [-0.1, -0.05) is 0 Å². The number of pyridine rings is 1. The fourth-order valence-electron chi connectivity index (χ4n) is 3.51. The van der Waals surface area contributed by atoms with E-state index in [-0.39, 0.29) is 22.0 Å². The SMILES string of the molecule is COc1cc(-c2ccc(F)c(C)c2NC(=O)N=[S@](N)(=O)c2cnn3c2OC(C)(C)C3)ccn1. The van der Waals surface area contributed by atoms with Crippen LogP contribution in [0.3, 0.4) is 0 Å². The molecule has 0 fully saturated rings. The number of hydrogen-bond acceptors (Lipinski definition) is 6.